The quantitative estimate of drug-likeness (QED) is 0.659. The molecule has 4 rings (SSSR count). The van der Waals surface area contributed by atoms with Crippen molar-refractivity contribution in [2.75, 3.05) is 12.3 Å². The second kappa shape index (κ2) is 6.04. The highest BCUT2D eigenvalue weighted by Crippen LogP contribution is 2.27. The standard InChI is InChI=1S/C16H16IN5O/c17-13-14(10-5-2-1-3-6-10)20-16(18)22-15(13)19-12(21-22)9-11-7-4-8-23-11/h1-3,5-6,11H,4,7-9H2,(H2,18,20). The van der Waals surface area contributed by atoms with Crippen LogP contribution in [-0.4, -0.2) is 32.3 Å². The van der Waals surface area contributed by atoms with E-state index in [1.165, 1.54) is 0 Å². The number of benzene rings is 1. The number of hydrogen-bond acceptors (Lipinski definition) is 5. The van der Waals surface area contributed by atoms with Crippen LogP contribution in [0.15, 0.2) is 30.3 Å². The van der Waals surface area contributed by atoms with Gasteiger partial charge in [-0.2, -0.15) is 4.52 Å². The molecule has 0 spiro atoms. The molecule has 1 aromatic carbocycles. The number of anilines is 1. The Labute approximate surface area is 147 Å². The van der Waals surface area contributed by atoms with E-state index in [0.29, 0.717) is 5.95 Å². The Bertz CT molecular complexity index is 843. The summed E-state index contributed by atoms with van der Waals surface area (Å²) in [5.41, 5.74) is 8.72. The molecule has 1 atom stereocenters. The van der Waals surface area contributed by atoms with Crippen LogP contribution < -0.4 is 5.73 Å². The number of fused-ring (bicyclic) bond motifs is 1. The molecule has 118 valence electrons. The van der Waals surface area contributed by atoms with Crippen molar-refractivity contribution < 1.29 is 4.74 Å². The van der Waals surface area contributed by atoms with Crippen molar-refractivity contribution in [3.63, 3.8) is 0 Å². The monoisotopic (exact) mass is 421 g/mol. The van der Waals surface area contributed by atoms with Crippen molar-refractivity contribution in [3.8, 4) is 11.3 Å². The van der Waals surface area contributed by atoms with Crippen LogP contribution >= 0.6 is 22.6 Å². The molecule has 0 bridgehead atoms. The van der Waals surface area contributed by atoms with Gasteiger partial charge in [-0.25, -0.2) is 9.97 Å². The van der Waals surface area contributed by atoms with Crippen molar-refractivity contribution in [2.45, 2.75) is 25.4 Å². The molecule has 1 fully saturated rings. The van der Waals surface area contributed by atoms with Crippen molar-refractivity contribution in [1.82, 2.24) is 19.6 Å². The van der Waals surface area contributed by atoms with Crippen LogP contribution in [0.25, 0.3) is 16.9 Å². The van der Waals surface area contributed by atoms with Gasteiger partial charge in [0.2, 0.25) is 5.95 Å². The average molecular weight is 421 g/mol. The van der Waals surface area contributed by atoms with Gasteiger partial charge in [-0.05, 0) is 35.4 Å². The highest BCUT2D eigenvalue weighted by molar-refractivity contribution is 14.1. The van der Waals surface area contributed by atoms with E-state index in [4.69, 9.17) is 10.5 Å². The fourth-order valence-corrected chi connectivity index (χ4v) is 3.64. The Morgan fingerprint density at radius 2 is 2.09 bits per heavy atom. The van der Waals surface area contributed by atoms with Gasteiger partial charge in [0.05, 0.1) is 15.4 Å². The Balaban J connectivity index is 1.78. The minimum atomic E-state index is 0.216. The van der Waals surface area contributed by atoms with Crippen LogP contribution in [0.5, 0.6) is 0 Å². The van der Waals surface area contributed by atoms with E-state index in [0.717, 1.165) is 52.2 Å². The van der Waals surface area contributed by atoms with Crippen LogP contribution in [0, 0.1) is 3.57 Å². The SMILES string of the molecule is Nc1nc(-c2ccccc2)c(I)c2nc(CC3CCCO3)nn12. The molecule has 0 aliphatic carbocycles. The number of nitrogen functional groups attached to an aromatic ring is 1. The van der Waals surface area contributed by atoms with E-state index in [-0.39, 0.29) is 6.10 Å². The zero-order chi connectivity index (χ0) is 15.8. The van der Waals surface area contributed by atoms with Crippen molar-refractivity contribution in [1.29, 1.82) is 0 Å². The summed E-state index contributed by atoms with van der Waals surface area (Å²) >= 11 is 2.26. The second-order valence-electron chi connectivity index (χ2n) is 5.60. The highest BCUT2D eigenvalue weighted by Gasteiger charge is 2.21. The first-order chi connectivity index (χ1) is 11.2. The molecule has 0 amide bonds. The number of nitrogens with zero attached hydrogens (tertiary/aromatic N) is 4. The molecule has 6 nitrogen and oxygen atoms in total. The molecule has 1 unspecified atom stereocenters. The maximum atomic E-state index is 6.10. The largest absolute Gasteiger partial charge is 0.378 e. The van der Waals surface area contributed by atoms with Crippen LogP contribution in [0.4, 0.5) is 5.95 Å². The van der Waals surface area contributed by atoms with Crippen molar-refractivity contribution in [2.24, 2.45) is 0 Å². The molecule has 0 saturated carbocycles. The molecule has 2 N–H and O–H groups in total. The van der Waals surface area contributed by atoms with E-state index >= 15 is 0 Å². The van der Waals surface area contributed by atoms with E-state index < -0.39 is 0 Å². The second-order valence-corrected chi connectivity index (χ2v) is 6.68. The van der Waals surface area contributed by atoms with Crippen LogP contribution in [0.3, 0.4) is 0 Å². The molecular weight excluding hydrogens is 405 g/mol. The molecule has 0 radical (unpaired) electrons. The predicted molar refractivity (Wildman–Crippen MR) is 96.0 cm³/mol. The third-order valence-corrected chi connectivity index (χ3v) is 4.97. The maximum absolute atomic E-state index is 6.10. The molecule has 7 heteroatoms. The van der Waals surface area contributed by atoms with Crippen LogP contribution in [0.2, 0.25) is 0 Å². The average Bonchev–Trinajstić information content (AvgIpc) is 3.22. The summed E-state index contributed by atoms with van der Waals surface area (Å²) < 4.78 is 8.24. The summed E-state index contributed by atoms with van der Waals surface area (Å²) in [7, 11) is 0. The summed E-state index contributed by atoms with van der Waals surface area (Å²) in [6.07, 6.45) is 3.11. The Morgan fingerprint density at radius 3 is 2.83 bits per heavy atom. The van der Waals surface area contributed by atoms with E-state index in [1.807, 2.05) is 30.3 Å². The van der Waals surface area contributed by atoms with E-state index in [2.05, 4.69) is 37.7 Å². The van der Waals surface area contributed by atoms with Crippen molar-refractivity contribution >= 4 is 34.2 Å². The number of nitrogens with two attached hydrogens (primary N) is 1. The number of halogens is 1. The third kappa shape index (κ3) is 2.78. The highest BCUT2D eigenvalue weighted by atomic mass is 127. The fourth-order valence-electron chi connectivity index (χ4n) is 2.86. The topological polar surface area (TPSA) is 78.3 Å². The first-order valence-corrected chi connectivity index (χ1v) is 8.68. The smallest absolute Gasteiger partial charge is 0.223 e. The molecule has 1 aliphatic rings. The number of ether oxygens (including phenoxy) is 1. The van der Waals surface area contributed by atoms with Crippen LogP contribution in [-0.2, 0) is 11.2 Å². The van der Waals surface area contributed by atoms with Gasteiger partial charge in [0.15, 0.2) is 11.5 Å². The molecule has 23 heavy (non-hydrogen) atoms. The number of hydrogen-bond donors (Lipinski definition) is 1. The maximum Gasteiger partial charge on any atom is 0.223 e. The minimum Gasteiger partial charge on any atom is -0.378 e. The molecule has 3 aromatic rings. The lowest BCUT2D eigenvalue weighted by atomic mass is 10.1. The summed E-state index contributed by atoms with van der Waals surface area (Å²) in [5, 5.41) is 4.50. The van der Waals surface area contributed by atoms with Gasteiger partial charge in [-0.3, -0.25) is 0 Å². The minimum absolute atomic E-state index is 0.216. The Kier molecular flexibility index (Phi) is 3.90. The molecule has 3 heterocycles. The van der Waals surface area contributed by atoms with Gasteiger partial charge in [-0.15, -0.1) is 5.10 Å². The Hall–Kier alpha value is -1.74. The van der Waals surface area contributed by atoms with E-state index in [9.17, 15) is 0 Å². The lowest BCUT2D eigenvalue weighted by Gasteiger charge is -2.06. The lowest BCUT2D eigenvalue weighted by Crippen LogP contribution is -2.10. The summed E-state index contributed by atoms with van der Waals surface area (Å²) in [4.78, 5) is 9.18. The molecular formula is C16H16IN5O. The first kappa shape index (κ1) is 14.8. The van der Waals surface area contributed by atoms with Gasteiger partial charge in [-0.1, -0.05) is 30.3 Å². The summed E-state index contributed by atoms with van der Waals surface area (Å²) in [6.45, 7) is 0.831. The van der Waals surface area contributed by atoms with E-state index in [1.54, 1.807) is 4.52 Å². The predicted octanol–water partition coefficient (Wildman–Crippen LogP) is 2.70. The fraction of sp³-hybridized carbons (Fsp3) is 0.312. The van der Waals surface area contributed by atoms with Gasteiger partial charge < -0.3 is 10.5 Å². The van der Waals surface area contributed by atoms with Gasteiger partial charge >= 0.3 is 0 Å². The first-order valence-electron chi connectivity index (χ1n) is 7.60. The zero-order valence-corrected chi connectivity index (χ0v) is 14.6. The molecule has 2 aromatic heterocycles. The summed E-state index contributed by atoms with van der Waals surface area (Å²) in [5.74, 6) is 1.11. The Morgan fingerprint density at radius 1 is 1.26 bits per heavy atom. The molecule has 1 saturated heterocycles. The summed E-state index contributed by atoms with van der Waals surface area (Å²) in [6, 6.07) is 9.99. The normalized spacial score (nSPS) is 17.9. The van der Waals surface area contributed by atoms with Gasteiger partial charge in [0.1, 0.15) is 0 Å². The van der Waals surface area contributed by atoms with Crippen molar-refractivity contribution in [3.05, 3.63) is 39.7 Å². The zero-order valence-electron chi connectivity index (χ0n) is 12.4. The number of aromatic nitrogens is 4. The molecule has 1 aliphatic heterocycles. The number of rotatable bonds is 3. The van der Waals surface area contributed by atoms with Gasteiger partial charge in [0.25, 0.3) is 0 Å². The van der Waals surface area contributed by atoms with Crippen LogP contribution in [0.1, 0.15) is 18.7 Å². The lowest BCUT2D eigenvalue weighted by molar-refractivity contribution is 0.110. The van der Waals surface area contributed by atoms with Gasteiger partial charge in [0, 0.05) is 18.6 Å². The third-order valence-electron chi connectivity index (χ3n) is 3.98.